The summed E-state index contributed by atoms with van der Waals surface area (Å²) in [5.74, 6) is 0.913. The van der Waals surface area contributed by atoms with Crippen LogP contribution >= 0.6 is 11.3 Å². The van der Waals surface area contributed by atoms with Gasteiger partial charge in [-0.15, -0.1) is 0 Å². The minimum Gasteiger partial charge on any atom is -0.493 e. The molecule has 10 nitrogen and oxygen atoms in total. The summed E-state index contributed by atoms with van der Waals surface area (Å²) >= 11 is 1.74. The van der Waals surface area contributed by atoms with Crippen LogP contribution in [0.4, 0.5) is 5.00 Å². The average Bonchev–Trinajstić information content (AvgIpc) is 3.55. The number of H-pyrrole nitrogens is 1. The number of pyridine rings is 1. The van der Waals surface area contributed by atoms with Gasteiger partial charge in [-0.1, -0.05) is 25.2 Å². The summed E-state index contributed by atoms with van der Waals surface area (Å²) < 4.78 is 12.7. The lowest BCUT2D eigenvalue weighted by Gasteiger charge is -2.46. The second-order valence-corrected chi connectivity index (χ2v) is 11.0. The van der Waals surface area contributed by atoms with Gasteiger partial charge >= 0.3 is 0 Å². The molecule has 0 aliphatic carbocycles. The SMILES string of the molecule is COc1cc(-c2[nH]nc(-c3nc(C)c(N4CCN(C5COC5)C[C@H]4C)s3)c2C(C)C)cn2ncnc12. The Balaban J connectivity index is 1.34. The number of piperazine rings is 1. The third kappa shape index (κ3) is 3.86. The molecule has 36 heavy (non-hydrogen) atoms. The predicted molar refractivity (Wildman–Crippen MR) is 140 cm³/mol. The Hall–Kier alpha value is -3.02. The molecule has 2 saturated heterocycles. The monoisotopic (exact) mass is 508 g/mol. The summed E-state index contributed by atoms with van der Waals surface area (Å²) in [6, 6.07) is 2.99. The van der Waals surface area contributed by atoms with Crippen LogP contribution < -0.4 is 9.64 Å². The highest BCUT2D eigenvalue weighted by Gasteiger charge is 2.34. The number of fused-ring (bicyclic) bond motifs is 1. The number of ether oxygens (including phenoxy) is 2. The van der Waals surface area contributed by atoms with Gasteiger partial charge in [-0.3, -0.25) is 10.00 Å². The Morgan fingerprint density at radius 1 is 1.25 bits per heavy atom. The normalized spacial score (nSPS) is 19.4. The van der Waals surface area contributed by atoms with Crippen LogP contribution in [0.2, 0.25) is 0 Å². The predicted octanol–water partition coefficient (Wildman–Crippen LogP) is 3.59. The van der Waals surface area contributed by atoms with Crippen molar-refractivity contribution in [2.24, 2.45) is 0 Å². The molecule has 0 spiro atoms. The van der Waals surface area contributed by atoms with Gasteiger partial charge in [-0.2, -0.15) is 10.2 Å². The highest BCUT2D eigenvalue weighted by atomic mass is 32.1. The van der Waals surface area contributed by atoms with Gasteiger partial charge in [-0.25, -0.2) is 14.5 Å². The van der Waals surface area contributed by atoms with E-state index in [4.69, 9.17) is 19.6 Å². The van der Waals surface area contributed by atoms with E-state index in [1.807, 2.05) is 12.3 Å². The number of aryl methyl sites for hydroxylation is 1. The molecule has 0 radical (unpaired) electrons. The first-order valence-electron chi connectivity index (χ1n) is 12.5. The molecule has 0 unspecified atom stereocenters. The zero-order valence-corrected chi connectivity index (χ0v) is 22.2. The summed E-state index contributed by atoms with van der Waals surface area (Å²) in [4.78, 5) is 14.4. The van der Waals surface area contributed by atoms with Crippen molar-refractivity contribution >= 4 is 22.0 Å². The Labute approximate surface area is 214 Å². The second-order valence-electron chi connectivity index (χ2n) is 9.98. The van der Waals surface area contributed by atoms with Gasteiger partial charge in [-0.05, 0) is 25.8 Å². The van der Waals surface area contributed by atoms with Crippen molar-refractivity contribution in [2.45, 2.75) is 45.7 Å². The molecule has 0 aromatic carbocycles. The Kier molecular flexibility index (Phi) is 5.93. The van der Waals surface area contributed by atoms with E-state index in [2.05, 4.69) is 52.7 Å². The van der Waals surface area contributed by atoms with Crippen LogP contribution in [0.1, 0.15) is 37.9 Å². The second kappa shape index (κ2) is 9.13. The molecule has 2 aliphatic heterocycles. The molecule has 6 rings (SSSR count). The summed E-state index contributed by atoms with van der Waals surface area (Å²) in [6.45, 7) is 13.6. The van der Waals surface area contributed by atoms with E-state index >= 15 is 0 Å². The highest BCUT2D eigenvalue weighted by Crippen LogP contribution is 2.41. The summed E-state index contributed by atoms with van der Waals surface area (Å²) in [5, 5.41) is 14.6. The molecular formula is C25H32N8O2S. The fourth-order valence-electron chi connectivity index (χ4n) is 5.29. The van der Waals surface area contributed by atoms with Crippen LogP contribution in [0.3, 0.4) is 0 Å². The molecule has 4 aromatic heterocycles. The van der Waals surface area contributed by atoms with Gasteiger partial charge in [0.15, 0.2) is 11.4 Å². The van der Waals surface area contributed by atoms with Crippen molar-refractivity contribution in [2.75, 3.05) is 44.9 Å². The fraction of sp³-hybridized carbons (Fsp3) is 0.520. The first-order valence-corrected chi connectivity index (χ1v) is 13.3. The molecule has 1 N–H and O–H groups in total. The standard InChI is InChI=1S/C25H32N8O2S/c1-14(2)20-21(17-8-19(34-5)23-26-13-27-33(23)10-17)29-30-22(20)24-28-16(4)25(36-24)32-7-6-31(9-15(32)3)18-11-35-12-18/h8,10,13-15,18H,6-7,9,11-12H2,1-5H3,(H,29,30)/t15-/m1/s1. The Morgan fingerprint density at radius 3 is 2.78 bits per heavy atom. The molecule has 6 heterocycles. The summed E-state index contributed by atoms with van der Waals surface area (Å²) in [7, 11) is 1.65. The number of aromatic amines is 1. The molecular weight excluding hydrogens is 476 g/mol. The number of anilines is 1. The first-order chi connectivity index (χ1) is 17.4. The van der Waals surface area contributed by atoms with Crippen LogP contribution in [-0.2, 0) is 4.74 Å². The van der Waals surface area contributed by atoms with Crippen molar-refractivity contribution in [1.82, 2.24) is 34.7 Å². The van der Waals surface area contributed by atoms with Crippen molar-refractivity contribution in [3.8, 4) is 27.7 Å². The highest BCUT2D eigenvalue weighted by molar-refractivity contribution is 7.19. The number of hydrogen-bond donors (Lipinski definition) is 1. The van der Waals surface area contributed by atoms with Gasteiger partial charge < -0.3 is 14.4 Å². The fourth-order valence-corrected chi connectivity index (χ4v) is 6.49. The smallest absolute Gasteiger partial charge is 0.197 e. The van der Waals surface area contributed by atoms with Gasteiger partial charge in [0.25, 0.3) is 0 Å². The lowest BCUT2D eigenvalue weighted by molar-refractivity contribution is -0.0691. The number of nitrogens with one attached hydrogen (secondary N) is 1. The molecule has 2 aliphatic rings. The van der Waals surface area contributed by atoms with Crippen LogP contribution in [0.15, 0.2) is 18.6 Å². The minimum atomic E-state index is 0.242. The Morgan fingerprint density at radius 2 is 2.08 bits per heavy atom. The van der Waals surface area contributed by atoms with Crippen LogP contribution in [0.5, 0.6) is 5.75 Å². The topological polar surface area (TPSA) is 96.7 Å². The number of methoxy groups -OCH3 is 1. The molecule has 0 saturated carbocycles. The Bertz CT molecular complexity index is 1390. The maximum absolute atomic E-state index is 5.59. The number of aromatic nitrogens is 6. The number of nitrogens with zero attached hydrogens (tertiary/aromatic N) is 7. The lowest BCUT2D eigenvalue weighted by atomic mass is 9.97. The zero-order valence-electron chi connectivity index (χ0n) is 21.4. The van der Waals surface area contributed by atoms with Crippen LogP contribution in [-0.4, -0.2) is 86.7 Å². The van der Waals surface area contributed by atoms with E-state index in [0.717, 1.165) is 66.1 Å². The summed E-state index contributed by atoms with van der Waals surface area (Å²) in [5.41, 5.74) is 5.70. The van der Waals surface area contributed by atoms with Crippen molar-refractivity contribution in [3.05, 3.63) is 29.8 Å². The van der Waals surface area contributed by atoms with E-state index in [-0.39, 0.29) is 5.92 Å². The quantitative estimate of drug-likeness (QED) is 0.422. The van der Waals surface area contributed by atoms with E-state index in [1.165, 1.54) is 11.3 Å². The molecule has 190 valence electrons. The lowest BCUT2D eigenvalue weighted by Crippen LogP contribution is -2.59. The first kappa shape index (κ1) is 23.4. The third-order valence-corrected chi connectivity index (χ3v) is 8.46. The van der Waals surface area contributed by atoms with Crippen LogP contribution in [0.25, 0.3) is 27.6 Å². The average molecular weight is 509 g/mol. The van der Waals surface area contributed by atoms with E-state index in [9.17, 15) is 0 Å². The summed E-state index contributed by atoms with van der Waals surface area (Å²) in [6.07, 6.45) is 3.49. The van der Waals surface area contributed by atoms with Gasteiger partial charge in [0.05, 0.1) is 37.8 Å². The molecule has 0 bridgehead atoms. The molecule has 0 amide bonds. The third-order valence-electron chi connectivity index (χ3n) is 7.26. The maximum atomic E-state index is 5.59. The van der Waals surface area contributed by atoms with E-state index in [1.54, 1.807) is 23.0 Å². The maximum Gasteiger partial charge on any atom is 0.197 e. The van der Waals surface area contributed by atoms with E-state index in [0.29, 0.717) is 23.5 Å². The van der Waals surface area contributed by atoms with Crippen molar-refractivity contribution < 1.29 is 9.47 Å². The number of rotatable bonds is 6. The number of thiazole rings is 1. The van der Waals surface area contributed by atoms with Gasteiger partial charge in [0, 0.05) is 43.0 Å². The molecule has 2 fully saturated rings. The molecule has 4 aromatic rings. The number of hydrogen-bond acceptors (Lipinski definition) is 9. The molecule has 11 heteroatoms. The largest absolute Gasteiger partial charge is 0.493 e. The van der Waals surface area contributed by atoms with Crippen molar-refractivity contribution in [3.63, 3.8) is 0 Å². The van der Waals surface area contributed by atoms with Crippen molar-refractivity contribution in [1.29, 1.82) is 0 Å². The van der Waals surface area contributed by atoms with Gasteiger partial charge in [0.1, 0.15) is 22.0 Å². The van der Waals surface area contributed by atoms with Gasteiger partial charge in [0.2, 0.25) is 0 Å². The molecule has 1 atom stereocenters. The van der Waals surface area contributed by atoms with E-state index < -0.39 is 0 Å². The zero-order chi connectivity index (χ0) is 25.0. The minimum absolute atomic E-state index is 0.242. The van der Waals surface area contributed by atoms with Crippen LogP contribution in [0, 0.1) is 6.92 Å².